The van der Waals surface area contributed by atoms with E-state index < -0.39 is 11.4 Å². The van der Waals surface area contributed by atoms with Crippen LogP contribution in [0.5, 0.6) is 5.88 Å². The second kappa shape index (κ2) is 8.07. The molecule has 0 aliphatic carbocycles. The van der Waals surface area contributed by atoms with Crippen molar-refractivity contribution in [2.75, 3.05) is 12.4 Å². The zero-order valence-corrected chi connectivity index (χ0v) is 17.2. The molecule has 2 aromatic rings. The molecule has 0 unspecified atom stereocenters. The molecule has 1 heterocycles. The number of halogens is 2. The van der Waals surface area contributed by atoms with Gasteiger partial charge in [0.25, 0.3) is 0 Å². The van der Waals surface area contributed by atoms with Crippen LogP contribution in [0.3, 0.4) is 0 Å². The van der Waals surface area contributed by atoms with Crippen LogP contribution >= 0.6 is 24.2 Å². The fourth-order valence-corrected chi connectivity index (χ4v) is 2.28. The number of nitrogens with one attached hydrogen (secondary N) is 1. The molecule has 26 heavy (non-hydrogen) atoms. The average Bonchev–Trinajstić information content (AvgIpc) is 2.55. The zero-order chi connectivity index (χ0) is 19.5. The minimum absolute atomic E-state index is 0.270. The Bertz CT molecular complexity index is 784. The van der Waals surface area contributed by atoms with Crippen molar-refractivity contribution in [1.29, 1.82) is 0 Å². The number of methoxy groups -OCH3 is 1. The molecule has 8 heteroatoms. The Morgan fingerprint density at radius 3 is 2.46 bits per heavy atom. The third kappa shape index (κ3) is 5.05. The van der Waals surface area contributed by atoms with Crippen LogP contribution in [0.25, 0.3) is 0 Å². The van der Waals surface area contributed by atoms with Crippen molar-refractivity contribution in [3.8, 4) is 5.88 Å². The number of pyridine rings is 1. The molecule has 0 spiro atoms. The molecule has 140 valence electrons. The van der Waals surface area contributed by atoms with Gasteiger partial charge < -0.3 is 14.7 Å². The van der Waals surface area contributed by atoms with Crippen molar-refractivity contribution in [3.63, 3.8) is 0 Å². The summed E-state index contributed by atoms with van der Waals surface area (Å²) in [6.45, 7) is 8.00. The molecular formula is C18H23BClFN2O2S. The molecule has 1 aromatic carbocycles. The number of rotatable bonds is 7. The fraction of sp³-hybridized carbons (Fsp3) is 0.389. The van der Waals surface area contributed by atoms with Crippen molar-refractivity contribution < 1.29 is 13.8 Å². The van der Waals surface area contributed by atoms with E-state index in [0.29, 0.717) is 24.7 Å². The number of nitrogens with zero attached hydrogens (tertiary/aromatic N) is 1. The third-order valence-corrected chi connectivity index (χ3v) is 5.23. The molecule has 1 N–H and O–H groups in total. The molecule has 0 atom stereocenters. The lowest BCUT2D eigenvalue weighted by Crippen LogP contribution is -2.45. The number of benzene rings is 1. The number of hydrogen-bond acceptors (Lipinski definition) is 5. The summed E-state index contributed by atoms with van der Waals surface area (Å²) in [4.78, 5) is 4.30. The quantitative estimate of drug-likeness (QED) is 0.546. The van der Waals surface area contributed by atoms with Gasteiger partial charge in [0.1, 0.15) is 11.5 Å². The van der Waals surface area contributed by atoms with Gasteiger partial charge in [-0.3, -0.25) is 0 Å². The largest absolute Gasteiger partial charge is 0.480 e. The Morgan fingerprint density at radius 1 is 1.19 bits per heavy atom. The van der Waals surface area contributed by atoms with Crippen molar-refractivity contribution in [1.82, 2.24) is 4.98 Å². The molecular weight excluding hydrogens is 374 g/mol. The van der Waals surface area contributed by atoms with Crippen LogP contribution in [0.4, 0.5) is 15.8 Å². The molecule has 0 bridgehead atoms. The van der Waals surface area contributed by atoms with E-state index in [-0.39, 0.29) is 9.77 Å². The van der Waals surface area contributed by atoms with Crippen LogP contribution in [-0.4, -0.2) is 29.9 Å². The maximum Gasteiger partial charge on any atom is 0.310 e. The van der Waals surface area contributed by atoms with Gasteiger partial charge in [-0.1, -0.05) is 11.6 Å². The zero-order valence-electron chi connectivity index (χ0n) is 15.6. The Kier molecular flexibility index (Phi) is 6.48. The van der Waals surface area contributed by atoms with Crippen LogP contribution in [0, 0.1) is 5.82 Å². The van der Waals surface area contributed by atoms with E-state index in [0.717, 1.165) is 5.46 Å². The molecule has 0 aliphatic heterocycles. The summed E-state index contributed by atoms with van der Waals surface area (Å²) in [5.74, 6) is 0.00678. The van der Waals surface area contributed by atoms with Crippen LogP contribution in [-0.2, 0) is 4.65 Å². The number of ether oxygens (including phenoxy) is 1. The summed E-state index contributed by atoms with van der Waals surface area (Å²) in [5, 5.41) is 3.40. The molecule has 0 fully saturated rings. The highest BCUT2D eigenvalue weighted by molar-refractivity contribution is 7.81. The molecule has 1 aromatic heterocycles. The molecule has 4 nitrogen and oxygen atoms in total. The van der Waals surface area contributed by atoms with Crippen molar-refractivity contribution >= 4 is 48.5 Å². The predicted molar refractivity (Wildman–Crippen MR) is 110 cm³/mol. The van der Waals surface area contributed by atoms with Crippen LogP contribution in [0.1, 0.15) is 27.7 Å². The van der Waals surface area contributed by atoms with E-state index in [1.807, 2.05) is 33.8 Å². The topological polar surface area (TPSA) is 43.4 Å². The maximum absolute atomic E-state index is 13.2. The van der Waals surface area contributed by atoms with Gasteiger partial charge in [-0.05, 0) is 57.4 Å². The standard InChI is InChI=1S/C18H23BClFN2O2S/c1-17(2,18(3,4)26)25-19-11-8-15(16(24-5)22-10-11)23-14-7-6-12(21)9-13(14)20/h6-10,19,23,26H,1-5H3. The molecule has 0 radical (unpaired) electrons. The molecule has 0 aliphatic rings. The smallest absolute Gasteiger partial charge is 0.310 e. The molecule has 0 saturated carbocycles. The number of thiol groups is 1. The minimum atomic E-state index is -0.441. The normalized spacial score (nSPS) is 12.0. The Balaban J connectivity index is 2.23. The minimum Gasteiger partial charge on any atom is -0.480 e. The Labute approximate surface area is 165 Å². The SMILES string of the molecule is COc1ncc(BOC(C)(C)C(C)(C)S)cc1Nc1ccc(F)cc1Cl. The lowest BCUT2D eigenvalue weighted by atomic mass is 9.84. The second-order valence-corrected chi connectivity index (χ2v) is 8.53. The monoisotopic (exact) mass is 396 g/mol. The van der Waals surface area contributed by atoms with Gasteiger partial charge in [0.2, 0.25) is 5.88 Å². The number of hydrogen-bond donors (Lipinski definition) is 2. The van der Waals surface area contributed by atoms with Gasteiger partial charge in [-0.15, -0.1) is 0 Å². The van der Waals surface area contributed by atoms with Crippen LogP contribution in [0.2, 0.25) is 5.02 Å². The van der Waals surface area contributed by atoms with E-state index in [1.54, 1.807) is 12.3 Å². The summed E-state index contributed by atoms with van der Waals surface area (Å²) in [6, 6.07) is 6.01. The highest BCUT2D eigenvalue weighted by Gasteiger charge is 2.34. The fourth-order valence-electron chi connectivity index (χ4n) is 2.00. The lowest BCUT2D eigenvalue weighted by Gasteiger charge is -2.38. The molecule has 0 saturated heterocycles. The van der Waals surface area contributed by atoms with Gasteiger partial charge in [0.05, 0.1) is 23.4 Å². The van der Waals surface area contributed by atoms with E-state index in [9.17, 15) is 4.39 Å². The molecule has 0 amide bonds. The van der Waals surface area contributed by atoms with Gasteiger partial charge in [-0.2, -0.15) is 12.6 Å². The number of aromatic nitrogens is 1. The predicted octanol–water partition coefficient (Wildman–Crippen LogP) is 4.11. The average molecular weight is 397 g/mol. The second-order valence-electron chi connectivity index (χ2n) is 7.01. The van der Waals surface area contributed by atoms with Gasteiger partial charge in [0.15, 0.2) is 0 Å². The lowest BCUT2D eigenvalue weighted by molar-refractivity contribution is 0.0854. The Hall–Kier alpha value is -1.44. The van der Waals surface area contributed by atoms with E-state index in [1.165, 1.54) is 19.2 Å². The summed E-state index contributed by atoms with van der Waals surface area (Å²) in [5.41, 5.74) is 1.59. The number of anilines is 2. The first-order valence-corrected chi connectivity index (χ1v) is 8.97. The highest BCUT2D eigenvalue weighted by Crippen LogP contribution is 2.31. The van der Waals surface area contributed by atoms with E-state index in [2.05, 4.69) is 22.9 Å². The summed E-state index contributed by atoms with van der Waals surface area (Å²) in [7, 11) is 1.89. The van der Waals surface area contributed by atoms with Gasteiger partial charge in [0, 0.05) is 10.9 Å². The van der Waals surface area contributed by atoms with Crippen LogP contribution < -0.4 is 15.5 Å². The Morgan fingerprint density at radius 2 is 1.88 bits per heavy atom. The van der Waals surface area contributed by atoms with Crippen molar-refractivity contribution in [2.45, 2.75) is 38.0 Å². The van der Waals surface area contributed by atoms with E-state index in [4.69, 9.17) is 21.0 Å². The van der Waals surface area contributed by atoms with Crippen molar-refractivity contribution in [3.05, 3.63) is 41.3 Å². The summed E-state index contributed by atoms with van der Waals surface area (Å²) >= 11 is 10.7. The maximum atomic E-state index is 13.2. The first kappa shape index (κ1) is 20.9. The summed E-state index contributed by atoms with van der Waals surface area (Å²) < 4.78 is 24.3. The first-order valence-electron chi connectivity index (χ1n) is 8.15. The summed E-state index contributed by atoms with van der Waals surface area (Å²) in [6.07, 6.45) is 1.69. The highest BCUT2D eigenvalue weighted by atomic mass is 35.5. The first-order chi connectivity index (χ1) is 12.0. The van der Waals surface area contributed by atoms with Gasteiger partial charge in [-0.25, -0.2) is 9.37 Å². The van der Waals surface area contributed by atoms with Crippen LogP contribution in [0.15, 0.2) is 30.5 Å². The molecule has 2 rings (SSSR count). The van der Waals surface area contributed by atoms with E-state index >= 15 is 0 Å². The van der Waals surface area contributed by atoms with Gasteiger partial charge >= 0.3 is 7.48 Å². The van der Waals surface area contributed by atoms with Crippen molar-refractivity contribution in [2.24, 2.45) is 0 Å². The third-order valence-electron chi connectivity index (χ3n) is 4.37.